The van der Waals surface area contributed by atoms with Crippen LogP contribution >= 0.6 is 12.4 Å². The fourth-order valence-corrected chi connectivity index (χ4v) is 2.61. The Bertz CT molecular complexity index is 624. The first-order chi connectivity index (χ1) is 10.8. The lowest BCUT2D eigenvalue weighted by molar-refractivity contribution is 0.284. The molecule has 0 bridgehead atoms. The standard InChI is InChI=1S/C19H23NO2.ClH/c1-3-14-4-6-15(7-5-14)13-22-18-9-8-16(10-19(18)21-2)17-11-20-12-17;/h4-10,17,20H,3,11-13H2,1-2H3;1H. The monoisotopic (exact) mass is 333 g/mol. The number of benzene rings is 2. The van der Waals surface area contributed by atoms with Gasteiger partial charge in [-0.3, -0.25) is 0 Å². The average molecular weight is 334 g/mol. The van der Waals surface area contributed by atoms with Crippen LogP contribution in [0.3, 0.4) is 0 Å². The summed E-state index contributed by atoms with van der Waals surface area (Å²) in [6.45, 7) is 4.82. The summed E-state index contributed by atoms with van der Waals surface area (Å²) in [5, 5.41) is 3.30. The van der Waals surface area contributed by atoms with Crippen LogP contribution in [0.25, 0.3) is 0 Å². The number of halogens is 1. The number of nitrogens with one attached hydrogen (secondary N) is 1. The van der Waals surface area contributed by atoms with E-state index in [2.05, 4.69) is 48.6 Å². The molecule has 2 aromatic rings. The van der Waals surface area contributed by atoms with Gasteiger partial charge in [-0.25, -0.2) is 0 Å². The molecule has 0 aliphatic carbocycles. The quantitative estimate of drug-likeness (QED) is 0.868. The summed E-state index contributed by atoms with van der Waals surface area (Å²) in [5.74, 6) is 2.22. The molecule has 1 fully saturated rings. The van der Waals surface area contributed by atoms with Crippen LogP contribution < -0.4 is 14.8 Å². The SMILES string of the molecule is CCc1ccc(COc2ccc(C3CNC3)cc2OC)cc1.Cl. The Hall–Kier alpha value is -1.71. The van der Waals surface area contributed by atoms with Gasteiger partial charge in [-0.1, -0.05) is 37.3 Å². The van der Waals surface area contributed by atoms with Gasteiger partial charge in [-0.05, 0) is 35.2 Å². The van der Waals surface area contributed by atoms with E-state index in [0.29, 0.717) is 12.5 Å². The maximum Gasteiger partial charge on any atom is 0.161 e. The van der Waals surface area contributed by atoms with Crippen molar-refractivity contribution in [3.63, 3.8) is 0 Å². The van der Waals surface area contributed by atoms with Gasteiger partial charge in [0.25, 0.3) is 0 Å². The topological polar surface area (TPSA) is 30.5 Å². The van der Waals surface area contributed by atoms with E-state index in [4.69, 9.17) is 9.47 Å². The zero-order chi connectivity index (χ0) is 15.4. The molecule has 23 heavy (non-hydrogen) atoms. The van der Waals surface area contributed by atoms with Crippen LogP contribution in [-0.4, -0.2) is 20.2 Å². The van der Waals surface area contributed by atoms with Crippen molar-refractivity contribution in [2.45, 2.75) is 25.9 Å². The first kappa shape index (κ1) is 17.6. The number of methoxy groups -OCH3 is 1. The van der Waals surface area contributed by atoms with Crippen molar-refractivity contribution in [1.82, 2.24) is 5.32 Å². The van der Waals surface area contributed by atoms with E-state index in [1.807, 2.05) is 6.07 Å². The van der Waals surface area contributed by atoms with Gasteiger partial charge in [-0.15, -0.1) is 12.4 Å². The minimum absolute atomic E-state index is 0. The van der Waals surface area contributed by atoms with Crippen molar-refractivity contribution in [1.29, 1.82) is 0 Å². The maximum atomic E-state index is 5.93. The molecule has 1 heterocycles. The molecule has 124 valence electrons. The van der Waals surface area contributed by atoms with E-state index >= 15 is 0 Å². The Labute approximate surface area is 144 Å². The van der Waals surface area contributed by atoms with Crippen LogP contribution in [0.4, 0.5) is 0 Å². The number of hydrogen-bond donors (Lipinski definition) is 1. The molecule has 0 spiro atoms. The number of aryl methyl sites for hydroxylation is 1. The van der Waals surface area contributed by atoms with E-state index in [1.54, 1.807) is 7.11 Å². The molecule has 0 unspecified atom stereocenters. The first-order valence-electron chi connectivity index (χ1n) is 7.89. The summed E-state index contributed by atoms with van der Waals surface area (Å²) < 4.78 is 11.4. The van der Waals surface area contributed by atoms with Crippen LogP contribution in [0.15, 0.2) is 42.5 Å². The minimum atomic E-state index is 0. The second kappa shape index (κ2) is 8.23. The van der Waals surface area contributed by atoms with E-state index in [1.165, 1.54) is 16.7 Å². The molecule has 1 saturated heterocycles. The Balaban J connectivity index is 0.00000192. The molecular weight excluding hydrogens is 310 g/mol. The van der Waals surface area contributed by atoms with Crippen molar-refractivity contribution in [2.75, 3.05) is 20.2 Å². The van der Waals surface area contributed by atoms with Gasteiger partial charge in [0.1, 0.15) is 6.61 Å². The lowest BCUT2D eigenvalue weighted by atomic mass is 9.93. The van der Waals surface area contributed by atoms with Gasteiger partial charge in [-0.2, -0.15) is 0 Å². The first-order valence-corrected chi connectivity index (χ1v) is 7.89. The summed E-state index contributed by atoms with van der Waals surface area (Å²) in [4.78, 5) is 0. The molecule has 3 rings (SSSR count). The summed E-state index contributed by atoms with van der Waals surface area (Å²) in [7, 11) is 1.70. The van der Waals surface area contributed by atoms with Crippen LogP contribution in [0.1, 0.15) is 29.5 Å². The number of ether oxygens (including phenoxy) is 2. The maximum absolute atomic E-state index is 5.93. The highest BCUT2D eigenvalue weighted by Crippen LogP contribution is 2.32. The molecule has 2 aromatic carbocycles. The molecule has 0 amide bonds. The molecule has 0 saturated carbocycles. The second-order valence-corrected chi connectivity index (χ2v) is 5.72. The van der Waals surface area contributed by atoms with Crippen molar-refractivity contribution in [3.05, 3.63) is 59.2 Å². The molecule has 0 atom stereocenters. The zero-order valence-corrected chi connectivity index (χ0v) is 14.5. The molecule has 3 nitrogen and oxygen atoms in total. The highest BCUT2D eigenvalue weighted by Gasteiger charge is 2.20. The van der Waals surface area contributed by atoms with Crippen molar-refractivity contribution in [3.8, 4) is 11.5 Å². The Morgan fingerprint density at radius 3 is 2.26 bits per heavy atom. The molecule has 4 heteroatoms. The third-order valence-corrected chi connectivity index (χ3v) is 4.27. The van der Waals surface area contributed by atoms with Crippen LogP contribution in [0, 0.1) is 0 Å². The van der Waals surface area contributed by atoms with Gasteiger partial charge in [0.2, 0.25) is 0 Å². The highest BCUT2D eigenvalue weighted by molar-refractivity contribution is 5.85. The molecule has 1 N–H and O–H groups in total. The van der Waals surface area contributed by atoms with E-state index in [-0.39, 0.29) is 12.4 Å². The number of hydrogen-bond acceptors (Lipinski definition) is 3. The van der Waals surface area contributed by atoms with Gasteiger partial charge in [0.15, 0.2) is 11.5 Å². The summed E-state index contributed by atoms with van der Waals surface area (Å²) in [5.41, 5.74) is 3.83. The summed E-state index contributed by atoms with van der Waals surface area (Å²) in [6, 6.07) is 14.8. The average Bonchev–Trinajstić information content (AvgIpc) is 2.52. The van der Waals surface area contributed by atoms with Gasteiger partial charge < -0.3 is 14.8 Å². The highest BCUT2D eigenvalue weighted by atomic mass is 35.5. The van der Waals surface area contributed by atoms with Crippen molar-refractivity contribution in [2.24, 2.45) is 0 Å². The molecule has 0 radical (unpaired) electrons. The summed E-state index contributed by atoms with van der Waals surface area (Å²) >= 11 is 0. The fourth-order valence-electron chi connectivity index (χ4n) is 2.61. The normalized spacial score (nSPS) is 13.8. The van der Waals surface area contributed by atoms with Crippen LogP contribution in [0.5, 0.6) is 11.5 Å². The number of rotatable bonds is 6. The van der Waals surface area contributed by atoms with E-state index in [9.17, 15) is 0 Å². The predicted molar refractivity (Wildman–Crippen MR) is 96.0 cm³/mol. The van der Waals surface area contributed by atoms with Crippen molar-refractivity contribution < 1.29 is 9.47 Å². The molecular formula is C19H24ClNO2. The minimum Gasteiger partial charge on any atom is -0.493 e. The van der Waals surface area contributed by atoms with Crippen LogP contribution in [-0.2, 0) is 13.0 Å². The van der Waals surface area contributed by atoms with Crippen molar-refractivity contribution >= 4 is 12.4 Å². The van der Waals surface area contributed by atoms with Gasteiger partial charge in [0, 0.05) is 19.0 Å². The Morgan fingerprint density at radius 2 is 1.70 bits per heavy atom. The molecule has 1 aliphatic heterocycles. The fraction of sp³-hybridized carbons (Fsp3) is 0.368. The second-order valence-electron chi connectivity index (χ2n) is 5.72. The van der Waals surface area contributed by atoms with Crippen LogP contribution in [0.2, 0.25) is 0 Å². The summed E-state index contributed by atoms with van der Waals surface area (Å²) in [6.07, 6.45) is 1.06. The largest absolute Gasteiger partial charge is 0.493 e. The third kappa shape index (κ3) is 4.18. The van der Waals surface area contributed by atoms with Gasteiger partial charge in [0.05, 0.1) is 7.11 Å². The lowest BCUT2D eigenvalue weighted by Gasteiger charge is -2.28. The van der Waals surface area contributed by atoms with Gasteiger partial charge >= 0.3 is 0 Å². The van der Waals surface area contributed by atoms with E-state index in [0.717, 1.165) is 31.0 Å². The van der Waals surface area contributed by atoms with E-state index < -0.39 is 0 Å². The predicted octanol–water partition coefficient (Wildman–Crippen LogP) is 3.95. The smallest absolute Gasteiger partial charge is 0.161 e. The zero-order valence-electron chi connectivity index (χ0n) is 13.7. The Morgan fingerprint density at radius 1 is 1.00 bits per heavy atom. The Kier molecular flexibility index (Phi) is 6.31. The lowest BCUT2D eigenvalue weighted by Crippen LogP contribution is -2.39. The molecule has 0 aromatic heterocycles. The third-order valence-electron chi connectivity index (χ3n) is 4.27. The molecule has 1 aliphatic rings.